The van der Waals surface area contributed by atoms with E-state index in [2.05, 4.69) is 143 Å². The van der Waals surface area contributed by atoms with Gasteiger partial charge in [0.15, 0.2) is 0 Å². The summed E-state index contributed by atoms with van der Waals surface area (Å²) in [5, 5.41) is 15.4. The van der Waals surface area contributed by atoms with Gasteiger partial charge in [-0.25, -0.2) is 0 Å². The summed E-state index contributed by atoms with van der Waals surface area (Å²) >= 11 is 0. The van der Waals surface area contributed by atoms with Gasteiger partial charge in [0.2, 0.25) is 0 Å². The van der Waals surface area contributed by atoms with Crippen molar-refractivity contribution in [2.45, 2.75) is 32.6 Å². The van der Waals surface area contributed by atoms with Gasteiger partial charge in [0.25, 0.3) is 0 Å². The van der Waals surface area contributed by atoms with E-state index in [0.29, 0.717) is 0 Å². The van der Waals surface area contributed by atoms with Crippen LogP contribution in [0.15, 0.2) is 152 Å². The van der Waals surface area contributed by atoms with Crippen molar-refractivity contribution in [2.24, 2.45) is 0 Å². The fourth-order valence-corrected chi connectivity index (χ4v) is 6.27. The fraction of sp³-hybridized carbons (Fsp3) is 0.114. The van der Waals surface area contributed by atoms with Crippen molar-refractivity contribution >= 4 is 44.1 Å². The van der Waals surface area contributed by atoms with Gasteiger partial charge < -0.3 is 5.41 Å². The molecule has 45 heavy (non-hydrogen) atoms. The summed E-state index contributed by atoms with van der Waals surface area (Å²) < 4.78 is 0. The quantitative estimate of drug-likeness (QED) is 0.105. The molecule has 0 spiro atoms. The maximum Gasteiger partial charge on any atom is 0.0256 e. The summed E-state index contributed by atoms with van der Waals surface area (Å²) in [6, 6.07) is 39.9. The van der Waals surface area contributed by atoms with Crippen LogP contribution in [0, 0.1) is 5.41 Å². The van der Waals surface area contributed by atoms with E-state index in [1.165, 1.54) is 61.0 Å². The molecule has 0 saturated carbocycles. The second-order valence-electron chi connectivity index (χ2n) is 12.7. The molecule has 0 saturated heterocycles. The van der Waals surface area contributed by atoms with Crippen LogP contribution >= 0.6 is 0 Å². The Kier molecular flexibility index (Phi) is 8.20. The molecule has 0 aliphatic rings. The molecule has 0 amide bonds. The molecule has 0 aliphatic heterocycles. The van der Waals surface area contributed by atoms with Crippen molar-refractivity contribution in [3.8, 4) is 22.3 Å². The topological polar surface area (TPSA) is 23.9 Å². The molecule has 0 aromatic heterocycles. The molecule has 1 N–H and O–H groups in total. The molecule has 0 aliphatic carbocycles. The Bertz CT molecular complexity index is 2090. The molecule has 0 bridgehead atoms. The lowest BCUT2D eigenvalue weighted by molar-refractivity contribution is 0.590. The maximum atomic E-state index is 8.06. The van der Waals surface area contributed by atoms with Gasteiger partial charge in [-0.15, -0.1) is 0 Å². The molecule has 0 atom stereocenters. The van der Waals surface area contributed by atoms with Gasteiger partial charge >= 0.3 is 0 Å². The molecule has 0 fully saturated rings. The third kappa shape index (κ3) is 5.95. The highest BCUT2D eigenvalue weighted by atomic mass is 14.3. The largest absolute Gasteiger partial charge is 0.308 e. The monoisotopic (exact) mass is 581 g/mol. The lowest BCUT2D eigenvalue weighted by Crippen LogP contribution is -2.10. The molecule has 6 aromatic carbocycles. The lowest BCUT2D eigenvalue weighted by atomic mass is 9.83. The number of hydrogen-bond donors (Lipinski definition) is 1. The van der Waals surface area contributed by atoms with Crippen LogP contribution in [-0.4, -0.2) is 6.21 Å². The smallest absolute Gasteiger partial charge is 0.0256 e. The summed E-state index contributed by atoms with van der Waals surface area (Å²) in [6.07, 6.45) is 9.83. The van der Waals surface area contributed by atoms with Crippen LogP contribution in [0.3, 0.4) is 0 Å². The van der Waals surface area contributed by atoms with Gasteiger partial charge in [0, 0.05) is 6.21 Å². The first-order chi connectivity index (χ1) is 21.8. The molecular formula is C44H39N. The molecule has 0 radical (unpaired) electrons. The zero-order valence-corrected chi connectivity index (χ0v) is 26.4. The highest BCUT2D eigenvalue weighted by Crippen LogP contribution is 2.44. The molecule has 0 heterocycles. The van der Waals surface area contributed by atoms with Crippen molar-refractivity contribution in [2.75, 3.05) is 0 Å². The molecule has 6 rings (SSSR count). The summed E-state index contributed by atoms with van der Waals surface area (Å²) in [4.78, 5) is 0. The van der Waals surface area contributed by atoms with E-state index in [4.69, 9.17) is 5.41 Å². The minimum Gasteiger partial charge on any atom is -0.308 e. The van der Waals surface area contributed by atoms with Crippen molar-refractivity contribution < 1.29 is 0 Å². The number of rotatable bonds is 8. The molecule has 1 heteroatoms. The van der Waals surface area contributed by atoms with Crippen molar-refractivity contribution in [3.63, 3.8) is 0 Å². The summed E-state index contributed by atoms with van der Waals surface area (Å²) in [7, 11) is 0. The Morgan fingerprint density at radius 2 is 1.22 bits per heavy atom. The Balaban J connectivity index is 1.48. The van der Waals surface area contributed by atoms with Crippen LogP contribution < -0.4 is 0 Å². The first-order valence-corrected chi connectivity index (χ1v) is 15.5. The van der Waals surface area contributed by atoms with E-state index in [-0.39, 0.29) is 5.41 Å². The molecule has 220 valence electrons. The number of fused-ring (bicyclic) bond motifs is 3. The normalized spacial score (nSPS) is 12.3. The van der Waals surface area contributed by atoms with E-state index in [9.17, 15) is 0 Å². The minimum absolute atomic E-state index is 0.109. The van der Waals surface area contributed by atoms with Crippen LogP contribution in [-0.2, 0) is 5.41 Å². The molecular weight excluding hydrogens is 542 g/mol. The van der Waals surface area contributed by atoms with Gasteiger partial charge in [-0.05, 0) is 101 Å². The Morgan fingerprint density at radius 1 is 0.689 bits per heavy atom. The zero-order valence-electron chi connectivity index (χ0n) is 26.4. The summed E-state index contributed by atoms with van der Waals surface area (Å²) in [6.45, 7) is 14.7. The SMILES string of the molecule is C=C/C=C\CC(=C)/C=C(\C=N)c1ccc2cc(-c3c4ccccc4c(-c4ccc(C(C)(C)C)cc4)c4ccccc34)ccc2c1. The third-order valence-corrected chi connectivity index (χ3v) is 8.60. The standard InChI is InChI=1S/C44H39N/c1-6-7-8-13-30(2)26-36(29-45)34-19-18-33-28-35(21-20-32(33)27-34)43-40-16-11-9-14-38(40)42(39-15-10-12-17-41(39)43)31-22-24-37(25-23-31)44(3,4)5/h6-12,14-29,45H,1-2,13H2,3-5H3/b8-7-,36-26+,45-29?. The minimum atomic E-state index is 0.109. The van der Waals surface area contributed by atoms with Crippen molar-refractivity contribution in [1.82, 2.24) is 0 Å². The summed E-state index contributed by atoms with van der Waals surface area (Å²) in [5.41, 5.74) is 9.23. The second-order valence-corrected chi connectivity index (χ2v) is 12.7. The van der Waals surface area contributed by atoms with Gasteiger partial charge in [0.1, 0.15) is 0 Å². The van der Waals surface area contributed by atoms with Crippen LogP contribution in [0.25, 0.3) is 60.1 Å². The van der Waals surface area contributed by atoms with Gasteiger partial charge in [-0.1, -0.05) is 155 Å². The fourth-order valence-electron chi connectivity index (χ4n) is 6.27. The van der Waals surface area contributed by atoms with Crippen molar-refractivity contribution in [1.29, 1.82) is 5.41 Å². The zero-order chi connectivity index (χ0) is 31.6. The van der Waals surface area contributed by atoms with E-state index in [1.807, 2.05) is 18.2 Å². The Hall–Kier alpha value is -5.27. The number of nitrogens with one attached hydrogen (secondary N) is 1. The first-order valence-electron chi connectivity index (χ1n) is 15.5. The average Bonchev–Trinajstić information content (AvgIpc) is 3.05. The highest BCUT2D eigenvalue weighted by molar-refractivity contribution is 6.21. The Morgan fingerprint density at radius 3 is 1.78 bits per heavy atom. The number of allylic oxidation sites excluding steroid dienone is 6. The van der Waals surface area contributed by atoms with Crippen molar-refractivity contribution in [3.05, 3.63) is 163 Å². The molecule has 6 aromatic rings. The third-order valence-electron chi connectivity index (χ3n) is 8.60. The molecule has 0 unspecified atom stereocenters. The van der Waals surface area contributed by atoms with E-state index >= 15 is 0 Å². The second kappa shape index (κ2) is 12.4. The van der Waals surface area contributed by atoms with Gasteiger partial charge in [-0.2, -0.15) is 0 Å². The number of benzene rings is 6. The van der Waals surface area contributed by atoms with Crippen LogP contribution in [0.1, 0.15) is 38.3 Å². The summed E-state index contributed by atoms with van der Waals surface area (Å²) in [5.74, 6) is 0. The highest BCUT2D eigenvalue weighted by Gasteiger charge is 2.18. The maximum absolute atomic E-state index is 8.06. The van der Waals surface area contributed by atoms with E-state index in [0.717, 1.165) is 28.5 Å². The Labute approximate surface area is 267 Å². The van der Waals surface area contributed by atoms with Crippen LogP contribution in [0.4, 0.5) is 0 Å². The average molecular weight is 582 g/mol. The van der Waals surface area contributed by atoms with Crippen LogP contribution in [0.5, 0.6) is 0 Å². The molecule has 1 nitrogen and oxygen atoms in total. The van der Waals surface area contributed by atoms with E-state index < -0.39 is 0 Å². The predicted octanol–water partition coefficient (Wildman–Crippen LogP) is 12.5. The van der Waals surface area contributed by atoms with E-state index in [1.54, 1.807) is 6.08 Å². The van der Waals surface area contributed by atoms with Crippen LogP contribution in [0.2, 0.25) is 0 Å². The lowest BCUT2D eigenvalue weighted by Gasteiger charge is -2.21. The number of hydrogen-bond acceptors (Lipinski definition) is 1. The first kappa shape index (κ1) is 29.8. The van der Waals surface area contributed by atoms with Gasteiger partial charge in [-0.3, -0.25) is 0 Å². The van der Waals surface area contributed by atoms with Gasteiger partial charge in [0.05, 0.1) is 0 Å². The predicted molar refractivity (Wildman–Crippen MR) is 198 cm³/mol.